The summed E-state index contributed by atoms with van der Waals surface area (Å²) in [5.41, 5.74) is 3.06. The summed E-state index contributed by atoms with van der Waals surface area (Å²) in [6.45, 7) is 2.24. The summed E-state index contributed by atoms with van der Waals surface area (Å²) in [6.07, 6.45) is 7.62. The third-order valence-electron chi connectivity index (χ3n) is 4.36. The Morgan fingerprint density at radius 3 is 2.57 bits per heavy atom. The number of aromatic nitrogens is 2. The summed E-state index contributed by atoms with van der Waals surface area (Å²) in [6, 6.07) is 14.4. The van der Waals surface area contributed by atoms with Crippen LogP contribution in [0.25, 0.3) is 10.9 Å². The molecule has 1 saturated heterocycles. The number of piperidine rings is 1. The molecule has 1 aromatic carbocycles. The molecule has 4 heteroatoms. The molecule has 2 aromatic heterocycles. The smallest absolute Gasteiger partial charge is 0.128 e. The van der Waals surface area contributed by atoms with Gasteiger partial charge in [-0.05, 0) is 43.5 Å². The first-order chi connectivity index (χ1) is 11.4. The molecule has 1 fully saturated rings. The Labute approximate surface area is 136 Å². The third kappa shape index (κ3) is 2.97. The Morgan fingerprint density at radius 1 is 0.870 bits per heavy atom. The lowest BCUT2D eigenvalue weighted by atomic mass is 10.1. The van der Waals surface area contributed by atoms with E-state index in [2.05, 4.69) is 38.4 Å². The Hall–Kier alpha value is -2.62. The van der Waals surface area contributed by atoms with Gasteiger partial charge in [0.15, 0.2) is 0 Å². The monoisotopic (exact) mass is 304 g/mol. The van der Waals surface area contributed by atoms with Gasteiger partial charge in [-0.15, -0.1) is 0 Å². The summed E-state index contributed by atoms with van der Waals surface area (Å²) in [4.78, 5) is 11.4. The van der Waals surface area contributed by atoms with Crippen LogP contribution in [0.3, 0.4) is 0 Å². The molecule has 1 aliphatic heterocycles. The van der Waals surface area contributed by atoms with Gasteiger partial charge < -0.3 is 10.2 Å². The predicted octanol–water partition coefficient (Wildman–Crippen LogP) is 4.36. The normalized spacial score (nSPS) is 14.9. The van der Waals surface area contributed by atoms with E-state index in [0.29, 0.717) is 0 Å². The van der Waals surface area contributed by atoms with Crippen LogP contribution in [0.15, 0.2) is 54.9 Å². The lowest BCUT2D eigenvalue weighted by Gasteiger charge is -2.27. The summed E-state index contributed by atoms with van der Waals surface area (Å²) in [5, 5.41) is 4.58. The fourth-order valence-corrected chi connectivity index (χ4v) is 3.13. The Balaban J connectivity index is 1.56. The maximum atomic E-state index is 4.63. The van der Waals surface area contributed by atoms with Crippen molar-refractivity contribution in [2.75, 3.05) is 23.3 Å². The van der Waals surface area contributed by atoms with Crippen molar-refractivity contribution in [3.8, 4) is 0 Å². The van der Waals surface area contributed by atoms with E-state index in [4.69, 9.17) is 0 Å². The molecule has 0 atom stereocenters. The van der Waals surface area contributed by atoms with Crippen molar-refractivity contribution in [2.45, 2.75) is 19.3 Å². The molecule has 0 radical (unpaired) electrons. The van der Waals surface area contributed by atoms with Crippen molar-refractivity contribution in [2.24, 2.45) is 0 Å². The van der Waals surface area contributed by atoms with E-state index in [0.717, 1.165) is 41.2 Å². The number of benzene rings is 1. The van der Waals surface area contributed by atoms with Crippen LogP contribution in [-0.2, 0) is 0 Å². The quantitative estimate of drug-likeness (QED) is 0.780. The van der Waals surface area contributed by atoms with Gasteiger partial charge in [0.1, 0.15) is 5.82 Å². The van der Waals surface area contributed by atoms with Gasteiger partial charge in [-0.25, -0.2) is 4.98 Å². The van der Waals surface area contributed by atoms with Crippen LogP contribution in [0.4, 0.5) is 17.2 Å². The summed E-state index contributed by atoms with van der Waals surface area (Å²) in [5.74, 6) is 1.08. The van der Waals surface area contributed by atoms with Crippen LogP contribution in [-0.4, -0.2) is 23.1 Å². The number of hydrogen-bond donors (Lipinski definition) is 1. The predicted molar refractivity (Wildman–Crippen MR) is 95.3 cm³/mol. The molecule has 0 aliphatic carbocycles. The number of pyridine rings is 2. The Kier molecular flexibility index (Phi) is 3.80. The van der Waals surface area contributed by atoms with Crippen molar-refractivity contribution in [1.82, 2.24) is 9.97 Å². The van der Waals surface area contributed by atoms with Crippen LogP contribution >= 0.6 is 0 Å². The second kappa shape index (κ2) is 6.24. The highest BCUT2D eigenvalue weighted by atomic mass is 15.2. The zero-order valence-corrected chi connectivity index (χ0v) is 13.1. The largest absolute Gasteiger partial charge is 0.357 e. The molecule has 1 N–H and O–H groups in total. The molecule has 0 bridgehead atoms. The van der Waals surface area contributed by atoms with Crippen LogP contribution < -0.4 is 10.2 Å². The summed E-state index contributed by atoms with van der Waals surface area (Å²) in [7, 11) is 0. The standard InChI is InChI=1S/C19H20N4/c1-4-12-23(13-5-1)19-9-8-15(14-21-19)22-18-10-11-20-17-7-3-2-6-16(17)18/h2-3,6-11,14H,1,4-5,12-13H2,(H,20,22). The molecule has 0 amide bonds. The second-order valence-corrected chi connectivity index (χ2v) is 5.95. The van der Waals surface area contributed by atoms with Crippen molar-refractivity contribution < 1.29 is 0 Å². The summed E-state index contributed by atoms with van der Waals surface area (Å²) < 4.78 is 0. The zero-order valence-electron chi connectivity index (χ0n) is 13.1. The van der Waals surface area contributed by atoms with E-state index in [1.165, 1.54) is 19.3 Å². The molecule has 116 valence electrons. The highest BCUT2D eigenvalue weighted by Gasteiger charge is 2.11. The third-order valence-corrected chi connectivity index (χ3v) is 4.36. The lowest BCUT2D eigenvalue weighted by molar-refractivity contribution is 0.573. The fraction of sp³-hybridized carbons (Fsp3) is 0.263. The first kappa shape index (κ1) is 14.0. The van der Waals surface area contributed by atoms with Crippen molar-refractivity contribution in [3.63, 3.8) is 0 Å². The van der Waals surface area contributed by atoms with Gasteiger partial charge in [-0.3, -0.25) is 4.98 Å². The molecule has 3 aromatic rings. The van der Waals surface area contributed by atoms with E-state index in [1.807, 2.05) is 36.7 Å². The van der Waals surface area contributed by atoms with Crippen molar-refractivity contribution in [1.29, 1.82) is 0 Å². The number of fused-ring (bicyclic) bond motifs is 1. The van der Waals surface area contributed by atoms with Crippen LogP contribution in [0.2, 0.25) is 0 Å². The van der Waals surface area contributed by atoms with Crippen LogP contribution in [0.5, 0.6) is 0 Å². The second-order valence-electron chi connectivity index (χ2n) is 5.95. The topological polar surface area (TPSA) is 41.0 Å². The SMILES string of the molecule is c1ccc2c(Nc3ccc(N4CCCCC4)nc3)ccnc2c1. The van der Waals surface area contributed by atoms with Crippen molar-refractivity contribution in [3.05, 3.63) is 54.9 Å². The highest BCUT2D eigenvalue weighted by Crippen LogP contribution is 2.25. The van der Waals surface area contributed by atoms with E-state index >= 15 is 0 Å². The first-order valence-electron chi connectivity index (χ1n) is 8.22. The highest BCUT2D eigenvalue weighted by molar-refractivity contribution is 5.92. The molecule has 1 aliphatic rings. The van der Waals surface area contributed by atoms with Gasteiger partial charge in [-0.2, -0.15) is 0 Å². The minimum atomic E-state index is 0.996. The number of nitrogens with zero attached hydrogens (tertiary/aromatic N) is 3. The molecule has 23 heavy (non-hydrogen) atoms. The minimum absolute atomic E-state index is 0.996. The maximum Gasteiger partial charge on any atom is 0.128 e. The van der Waals surface area contributed by atoms with Crippen molar-refractivity contribution >= 4 is 28.1 Å². The molecular formula is C19H20N4. The maximum absolute atomic E-state index is 4.63. The average molecular weight is 304 g/mol. The van der Waals surface area contributed by atoms with E-state index < -0.39 is 0 Å². The van der Waals surface area contributed by atoms with E-state index in [-0.39, 0.29) is 0 Å². The van der Waals surface area contributed by atoms with Gasteiger partial charge in [-0.1, -0.05) is 18.2 Å². The number of anilines is 3. The number of para-hydroxylation sites is 1. The molecule has 4 rings (SSSR count). The van der Waals surface area contributed by atoms with Gasteiger partial charge >= 0.3 is 0 Å². The van der Waals surface area contributed by atoms with Crippen LogP contribution in [0, 0.1) is 0 Å². The van der Waals surface area contributed by atoms with Gasteiger partial charge in [0.25, 0.3) is 0 Å². The number of hydrogen-bond acceptors (Lipinski definition) is 4. The Bertz CT molecular complexity index is 787. The zero-order chi connectivity index (χ0) is 15.5. The van der Waals surface area contributed by atoms with Crippen LogP contribution in [0.1, 0.15) is 19.3 Å². The molecule has 0 spiro atoms. The molecule has 4 nitrogen and oxygen atoms in total. The van der Waals surface area contributed by atoms with Gasteiger partial charge in [0, 0.05) is 30.4 Å². The molecule has 0 unspecified atom stereocenters. The van der Waals surface area contributed by atoms with E-state index in [1.54, 1.807) is 0 Å². The molecular weight excluding hydrogens is 284 g/mol. The molecule has 0 saturated carbocycles. The van der Waals surface area contributed by atoms with E-state index in [9.17, 15) is 0 Å². The van der Waals surface area contributed by atoms with Gasteiger partial charge in [0.2, 0.25) is 0 Å². The Morgan fingerprint density at radius 2 is 1.74 bits per heavy atom. The summed E-state index contributed by atoms with van der Waals surface area (Å²) >= 11 is 0. The molecule has 3 heterocycles. The first-order valence-corrected chi connectivity index (χ1v) is 8.22. The number of rotatable bonds is 3. The number of nitrogens with one attached hydrogen (secondary N) is 1. The average Bonchev–Trinajstić information content (AvgIpc) is 2.63. The minimum Gasteiger partial charge on any atom is -0.357 e. The van der Waals surface area contributed by atoms with Gasteiger partial charge in [0.05, 0.1) is 17.4 Å². The lowest BCUT2D eigenvalue weighted by Crippen LogP contribution is -2.29. The fourth-order valence-electron chi connectivity index (χ4n) is 3.13.